The van der Waals surface area contributed by atoms with Gasteiger partial charge in [0.1, 0.15) is 5.82 Å². The van der Waals surface area contributed by atoms with Crippen molar-refractivity contribution in [2.24, 2.45) is 5.92 Å². The molecule has 0 aliphatic heterocycles. The zero-order chi connectivity index (χ0) is 14.2. The minimum atomic E-state index is -0.150. The third-order valence-corrected chi connectivity index (χ3v) is 4.36. The first-order chi connectivity index (χ1) is 9.81. The molecule has 0 bridgehead atoms. The Bertz CT molecular complexity index is 373. The maximum Gasteiger partial charge on any atom is 0.123 e. The molecular weight excluding hydrogens is 253 g/mol. The van der Waals surface area contributed by atoms with Gasteiger partial charge in [-0.2, -0.15) is 0 Å². The van der Waals surface area contributed by atoms with Gasteiger partial charge >= 0.3 is 0 Å². The molecule has 0 amide bonds. The van der Waals surface area contributed by atoms with Gasteiger partial charge in [0.2, 0.25) is 0 Å². The van der Waals surface area contributed by atoms with Crippen LogP contribution < -0.4 is 5.32 Å². The molecule has 112 valence electrons. The average Bonchev–Trinajstić information content (AvgIpc) is 2.50. The van der Waals surface area contributed by atoms with Crippen molar-refractivity contribution in [3.63, 3.8) is 0 Å². The van der Waals surface area contributed by atoms with Gasteiger partial charge in [0.05, 0.1) is 6.61 Å². The average molecular weight is 279 g/mol. The zero-order valence-electron chi connectivity index (χ0n) is 12.4. The van der Waals surface area contributed by atoms with E-state index in [1.54, 1.807) is 19.2 Å². The van der Waals surface area contributed by atoms with Crippen LogP contribution in [0.25, 0.3) is 0 Å². The molecule has 1 N–H and O–H groups in total. The van der Waals surface area contributed by atoms with E-state index in [4.69, 9.17) is 4.74 Å². The van der Waals surface area contributed by atoms with E-state index in [2.05, 4.69) is 5.32 Å². The highest BCUT2D eigenvalue weighted by atomic mass is 19.1. The van der Waals surface area contributed by atoms with Crippen LogP contribution in [0.15, 0.2) is 24.3 Å². The van der Waals surface area contributed by atoms with E-state index in [0.29, 0.717) is 5.92 Å². The smallest absolute Gasteiger partial charge is 0.123 e. The third-order valence-electron chi connectivity index (χ3n) is 4.36. The van der Waals surface area contributed by atoms with Gasteiger partial charge in [0.25, 0.3) is 0 Å². The van der Waals surface area contributed by atoms with Gasteiger partial charge < -0.3 is 10.1 Å². The quantitative estimate of drug-likeness (QED) is 0.768. The van der Waals surface area contributed by atoms with Crippen LogP contribution in [0.4, 0.5) is 4.39 Å². The molecule has 3 heteroatoms. The molecule has 1 unspecified atom stereocenters. The molecule has 2 nitrogen and oxygen atoms in total. The van der Waals surface area contributed by atoms with Crippen molar-refractivity contribution in [1.82, 2.24) is 5.32 Å². The van der Waals surface area contributed by atoms with Crippen molar-refractivity contribution in [2.45, 2.75) is 38.0 Å². The summed E-state index contributed by atoms with van der Waals surface area (Å²) in [4.78, 5) is 0. The van der Waals surface area contributed by atoms with E-state index < -0.39 is 0 Å². The number of nitrogens with one attached hydrogen (secondary N) is 1. The summed E-state index contributed by atoms with van der Waals surface area (Å²) in [5.41, 5.74) is 1.27. The molecule has 0 aromatic heterocycles. The van der Waals surface area contributed by atoms with Gasteiger partial charge in [-0.1, -0.05) is 31.4 Å². The highest BCUT2D eigenvalue weighted by molar-refractivity contribution is 5.22. The summed E-state index contributed by atoms with van der Waals surface area (Å²) in [6.45, 7) is 2.57. The molecule has 1 aromatic rings. The fraction of sp³-hybridized carbons (Fsp3) is 0.647. The van der Waals surface area contributed by atoms with Crippen molar-refractivity contribution >= 4 is 0 Å². The van der Waals surface area contributed by atoms with Gasteiger partial charge in [-0.25, -0.2) is 4.39 Å². The van der Waals surface area contributed by atoms with Gasteiger partial charge in [-0.15, -0.1) is 0 Å². The monoisotopic (exact) mass is 279 g/mol. The summed E-state index contributed by atoms with van der Waals surface area (Å²) in [5.74, 6) is 1.07. The maximum atomic E-state index is 13.1. The minimum absolute atomic E-state index is 0.150. The number of methoxy groups -OCH3 is 1. The fourth-order valence-corrected chi connectivity index (χ4v) is 3.23. The lowest BCUT2D eigenvalue weighted by molar-refractivity contribution is 0.196. The fourth-order valence-electron chi connectivity index (χ4n) is 3.23. The topological polar surface area (TPSA) is 21.3 Å². The summed E-state index contributed by atoms with van der Waals surface area (Å²) in [7, 11) is 1.72. The summed E-state index contributed by atoms with van der Waals surface area (Å²) in [5, 5.41) is 3.48. The Morgan fingerprint density at radius 3 is 2.55 bits per heavy atom. The van der Waals surface area contributed by atoms with Gasteiger partial charge in [0.15, 0.2) is 0 Å². The first kappa shape index (κ1) is 15.5. The lowest BCUT2D eigenvalue weighted by atomic mass is 9.77. The number of ether oxygens (including phenoxy) is 1. The van der Waals surface area contributed by atoms with Gasteiger partial charge in [-0.3, -0.25) is 0 Å². The summed E-state index contributed by atoms with van der Waals surface area (Å²) in [6.07, 6.45) is 6.63. The molecule has 1 aliphatic rings. The molecule has 0 spiro atoms. The maximum absolute atomic E-state index is 13.1. The number of hydrogen-bond acceptors (Lipinski definition) is 2. The molecule has 1 saturated carbocycles. The number of rotatable bonds is 7. The second-order valence-electron chi connectivity index (χ2n) is 5.75. The Morgan fingerprint density at radius 1 is 1.20 bits per heavy atom. The van der Waals surface area contributed by atoms with E-state index in [0.717, 1.165) is 25.6 Å². The molecule has 0 radical (unpaired) electrons. The van der Waals surface area contributed by atoms with E-state index >= 15 is 0 Å². The van der Waals surface area contributed by atoms with Crippen molar-refractivity contribution in [3.8, 4) is 0 Å². The third kappa shape index (κ3) is 4.57. The first-order valence-corrected chi connectivity index (χ1v) is 7.76. The van der Waals surface area contributed by atoms with E-state index in [1.807, 2.05) is 12.1 Å². The molecule has 1 fully saturated rings. The van der Waals surface area contributed by atoms with E-state index in [1.165, 1.54) is 37.7 Å². The van der Waals surface area contributed by atoms with Crippen LogP contribution in [0, 0.1) is 11.7 Å². The van der Waals surface area contributed by atoms with Crippen LogP contribution in [0.3, 0.4) is 0 Å². The highest BCUT2D eigenvalue weighted by Crippen LogP contribution is 2.35. The summed E-state index contributed by atoms with van der Waals surface area (Å²) in [6, 6.07) is 7.07. The Hall–Kier alpha value is -0.930. The molecule has 1 atom stereocenters. The molecule has 2 rings (SSSR count). The SMILES string of the molecule is COCCNCC(c1ccc(F)cc1)C1CCCCC1. The van der Waals surface area contributed by atoms with Gasteiger partial charge in [-0.05, 0) is 42.4 Å². The number of hydrogen-bond donors (Lipinski definition) is 1. The highest BCUT2D eigenvalue weighted by Gasteiger charge is 2.24. The predicted octanol–water partition coefficient (Wildman–Crippen LogP) is 3.73. The number of halogens is 1. The second-order valence-corrected chi connectivity index (χ2v) is 5.75. The summed E-state index contributed by atoms with van der Waals surface area (Å²) < 4.78 is 18.2. The Labute approximate surface area is 121 Å². The largest absolute Gasteiger partial charge is 0.383 e. The second kappa shape index (κ2) is 8.38. The predicted molar refractivity (Wildman–Crippen MR) is 80.5 cm³/mol. The van der Waals surface area contributed by atoms with Crippen molar-refractivity contribution in [2.75, 3.05) is 26.8 Å². The minimum Gasteiger partial charge on any atom is -0.383 e. The molecule has 1 aromatic carbocycles. The van der Waals surface area contributed by atoms with Gasteiger partial charge in [0, 0.05) is 20.2 Å². The lowest BCUT2D eigenvalue weighted by Crippen LogP contribution is -2.30. The van der Waals surface area contributed by atoms with Crippen molar-refractivity contribution in [1.29, 1.82) is 0 Å². The van der Waals surface area contributed by atoms with Crippen LogP contribution >= 0.6 is 0 Å². The van der Waals surface area contributed by atoms with E-state index in [9.17, 15) is 4.39 Å². The van der Waals surface area contributed by atoms with E-state index in [-0.39, 0.29) is 5.82 Å². The molecule has 20 heavy (non-hydrogen) atoms. The van der Waals surface area contributed by atoms with Crippen LogP contribution in [0.1, 0.15) is 43.6 Å². The number of benzene rings is 1. The van der Waals surface area contributed by atoms with Crippen LogP contribution in [-0.2, 0) is 4.74 Å². The summed E-state index contributed by atoms with van der Waals surface area (Å²) >= 11 is 0. The molecule has 1 aliphatic carbocycles. The zero-order valence-corrected chi connectivity index (χ0v) is 12.4. The Kier molecular flexibility index (Phi) is 6.48. The standard InChI is InChI=1S/C17H26FNO/c1-20-12-11-19-13-17(14-5-3-2-4-6-14)15-7-9-16(18)10-8-15/h7-10,14,17,19H,2-6,11-13H2,1H3. The Balaban J connectivity index is 2.00. The molecule has 0 heterocycles. The first-order valence-electron chi connectivity index (χ1n) is 7.76. The van der Waals surface area contributed by atoms with Crippen LogP contribution in [0.5, 0.6) is 0 Å². The molecule has 0 saturated heterocycles. The Morgan fingerprint density at radius 2 is 1.90 bits per heavy atom. The molecular formula is C17H26FNO. The lowest BCUT2D eigenvalue weighted by Gasteiger charge is -2.31. The van der Waals surface area contributed by atoms with Crippen molar-refractivity contribution < 1.29 is 9.13 Å². The van der Waals surface area contributed by atoms with Crippen molar-refractivity contribution in [3.05, 3.63) is 35.6 Å². The normalized spacial score (nSPS) is 18.1. The van der Waals surface area contributed by atoms with Crippen LogP contribution in [0.2, 0.25) is 0 Å². The van der Waals surface area contributed by atoms with Crippen LogP contribution in [-0.4, -0.2) is 26.8 Å².